The molecule has 1 aromatic heterocycles. The van der Waals surface area contributed by atoms with Gasteiger partial charge in [0.2, 0.25) is 5.95 Å². The summed E-state index contributed by atoms with van der Waals surface area (Å²) in [5.41, 5.74) is -0.432. The molecule has 1 amide bonds. The number of likely N-dealkylation sites (tertiary alicyclic amines) is 1. The molecule has 1 aliphatic heterocycles. The minimum absolute atomic E-state index is 0.203. The van der Waals surface area contributed by atoms with Crippen molar-refractivity contribution in [3.8, 4) is 0 Å². The first-order valence-corrected chi connectivity index (χ1v) is 7.81. The fraction of sp³-hybridized carbons (Fsp3) is 0.688. The minimum atomic E-state index is -0.432. The number of hydrogen-bond donors (Lipinski definition) is 0. The Morgan fingerprint density at radius 3 is 2.45 bits per heavy atom. The van der Waals surface area contributed by atoms with Gasteiger partial charge >= 0.3 is 6.09 Å². The van der Waals surface area contributed by atoms with Crippen LogP contribution < -0.4 is 4.90 Å². The highest BCUT2D eigenvalue weighted by molar-refractivity contribution is 5.68. The Balaban J connectivity index is 1.79. The molecule has 6 nitrogen and oxygen atoms in total. The van der Waals surface area contributed by atoms with Gasteiger partial charge in [0.05, 0.1) is 0 Å². The second-order valence-electron chi connectivity index (χ2n) is 6.84. The maximum atomic E-state index is 12.0. The fourth-order valence-corrected chi connectivity index (χ4v) is 2.58. The maximum absolute atomic E-state index is 12.0. The van der Waals surface area contributed by atoms with Crippen LogP contribution in [0, 0.1) is 5.92 Å². The molecule has 0 atom stereocenters. The van der Waals surface area contributed by atoms with Gasteiger partial charge in [0.25, 0.3) is 0 Å². The van der Waals surface area contributed by atoms with Crippen molar-refractivity contribution in [1.82, 2.24) is 14.9 Å². The highest BCUT2D eigenvalue weighted by atomic mass is 16.6. The van der Waals surface area contributed by atoms with Crippen LogP contribution >= 0.6 is 0 Å². The third kappa shape index (κ3) is 4.86. The van der Waals surface area contributed by atoms with Gasteiger partial charge in [-0.25, -0.2) is 14.8 Å². The van der Waals surface area contributed by atoms with E-state index >= 15 is 0 Å². The van der Waals surface area contributed by atoms with Gasteiger partial charge in [-0.3, -0.25) is 0 Å². The van der Waals surface area contributed by atoms with Crippen LogP contribution in [-0.4, -0.2) is 53.2 Å². The Labute approximate surface area is 132 Å². The molecule has 0 aromatic carbocycles. The van der Waals surface area contributed by atoms with Crippen molar-refractivity contribution in [3.63, 3.8) is 0 Å². The average molecular weight is 306 g/mol. The monoisotopic (exact) mass is 306 g/mol. The molecule has 0 radical (unpaired) electrons. The van der Waals surface area contributed by atoms with Gasteiger partial charge in [-0.2, -0.15) is 0 Å². The number of piperidine rings is 1. The molecule has 1 aliphatic rings. The van der Waals surface area contributed by atoms with Gasteiger partial charge in [0.15, 0.2) is 0 Å². The highest BCUT2D eigenvalue weighted by Gasteiger charge is 2.27. The highest BCUT2D eigenvalue weighted by Crippen LogP contribution is 2.21. The molecule has 0 N–H and O–H groups in total. The summed E-state index contributed by atoms with van der Waals surface area (Å²) >= 11 is 0. The first kappa shape index (κ1) is 16.5. The molecule has 0 spiro atoms. The number of anilines is 1. The zero-order chi connectivity index (χ0) is 16.2. The molecule has 0 saturated carbocycles. The van der Waals surface area contributed by atoms with E-state index in [9.17, 15) is 4.79 Å². The first-order valence-electron chi connectivity index (χ1n) is 7.81. The van der Waals surface area contributed by atoms with Crippen molar-refractivity contribution in [3.05, 3.63) is 18.5 Å². The van der Waals surface area contributed by atoms with E-state index in [0.29, 0.717) is 5.92 Å². The Morgan fingerprint density at radius 2 is 1.91 bits per heavy atom. The molecular weight excluding hydrogens is 280 g/mol. The summed E-state index contributed by atoms with van der Waals surface area (Å²) in [6, 6.07) is 1.82. The number of ether oxygens (including phenoxy) is 1. The van der Waals surface area contributed by atoms with Crippen LogP contribution in [0.25, 0.3) is 0 Å². The number of carbonyl (C=O) groups is 1. The van der Waals surface area contributed by atoms with Crippen molar-refractivity contribution < 1.29 is 9.53 Å². The van der Waals surface area contributed by atoms with Crippen LogP contribution in [0.2, 0.25) is 0 Å². The minimum Gasteiger partial charge on any atom is -0.444 e. The lowest BCUT2D eigenvalue weighted by Gasteiger charge is -2.34. The number of carbonyl (C=O) groups excluding carboxylic acids is 1. The van der Waals surface area contributed by atoms with Crippen molar-refractivity contribution in [2.45, 2.75) is 39.2 Å². The predicted molar refractivity (Wildman–Crippen MR) is 85.8 cm³/mol. The molecule has 1 saturated heterocycles. The number of nitrogens with zero attached hydrogens (tertiary/aromatic N) is 4. The van der Waals surface area contributed by atoms with Crippen LogP contribution in [0.5, 0.6) is 0 Å². The Hall–Kier alpha value is -1.85. The number of amides is 1. The Morgan fingerprint density at radius 1 is 1.32 bits per heavy atom. The topological polar surface area (TPSA) is 58.6 Å². The van der Waals surface area contributed by atoms with E-state index in [1.165, 1.54) is 0 Å². The van der Waals surface area contributed by atoms with Crippen molar-refractivity contribution in [2.24, 2.45) is 5.92 Å². The van der Waals surface area contributed by atoms with Gasteiger partial charge < -0.3 is 14.5 Å². The van der Waals surface area contributed by atoms with Crippen LogP contribution in [0.1, 0.15) is 33.6 Å². The average Bonchev–Trinajstić information content (AvgIpc) is 2.47. The van der Waals surface area contributed by atoms with E-state index in [1.54, 1.807) is 17.3 Å². The summed E-state index contributed by atoms with van der Waals surface area (Å²) in [6.07, 6.45) is 5.27. The molecule has 2 rings (SSSR count). The van der Waals surface area contributed by atoms with Gasteiger partial charge in [-0.15, -0.1) is 0 Å². The summed E-state index contributed by atoms with van der Waals surface area (Å²) in [6.45, 7) is 8.10. The van der Waals surface area contributed by atoms with E-state index < -0.39 is 5.60 Å². The number of hydrogen-bond acceptors (Lipinski definition) is 5. The summed E-state index contributed by atoms with van der Waals surface area (Å²) < 4.78 is 5.42. The summed E-state index contributed by atoms with van der Waals surface area (Å²) in [7, 11) is 2.01. The van der Waals surface area contributed by atoms with E-state index in [2.05, 4.69) is 14.9 Å². The lowest BCUT2D eigenvalue weighted by atomic mass is 9.96. The van der Waals surface area contributed by atoms with Gasteiger partial charge in [-0.05, 0) is 45.6 Å². The van der Waals surface area contributed by atoms with Gasteiger partial charge in [-0.1, -0.05) is 0 Å². The molecule has 0 aliphatic carbocycles. The third-order valence-electron chi connectivity index (χ3n) is 3.69. The number of aromatic nitrogens is 2. The van der Waals surface area contributed by atoms with E-state index in [1.807, 2.05) is 33.9 Å². The van der Waals surface area contributed by atoms with Crippen molar-refractivity contribution in [2.75, 3.05) is 31.6 Å². The standard InChI is InChI=1S/C16H26N4O2/c1-16(2,3)22-15(21)20-10-6-13(7-11-20)12-19(4)14-17-8-5-9-18-14/h5,8-9,13H,6-7,10-12H2,1-4H3. The third-order valence-corrected chi connectivity index (χ3v) is 3.69. The van der Waals surface area contributed by atoms with Crippen LogP contribution in [0.3, 0.4) is 0 Å². The SMILES string of the molecule is CN(CC1CCN(C(=O)OC(C)(C)C)CC1)c1ncccn1. The van der Waals surface area contributed by atoms with Crippen LogP contribution in [0.4, 0.5) is 10.7 Å². The Kier molecular flexibility index (Phi) is 5.21. The van der Waals surface area contributed by atoms with Gasteiger partial charge in [0.1, 0.15) is 5.60 Å². The normalized spacial score (nSPS) is 16.5. The molecular formula is C16H26N4O2. The lowest BCUT2D eigenvalue weighted by Crippen LogP contribution is -2.43. The van der Waals surface area contributed by atoms with E-state index in [4.69, 9.17) is 4.74 Å². The second kappa shape index (κ2) is 6.94. The molecule has 0 bridgehead atoms. The Bertz CT molecular complexity index is 479. The van der Waals surface area contributed by atoms with Crippen LogP contribution in [-0.2, 0) is 4.74 Å². The lowest BCUT2D eigenvalue weighted by molar-refractivity contribution is 0.0186. The zero-order valence-electron chi connectivity index (χ0n) is 14.0. The smallest absolute Gasteiger partial charge is 0.410 e. The molecule has 2 heterocycles. The second-order valence-corrected chi connectivity index (χ2v) is 6.84. The number of rotatable bonds is 3. The fourth-order valence-electron chi connectivity index (χ4n) is 2.58. The predicted octanol–water partition coefficient (Wildman–Crippen LogP) is 2.56. The molecule has 6 heteroatoms. The summed E-state index contributed by atoms with van der Waals surface area (Å²) in [5, 5.41) is 0. The first-order chi connectivity index (χ1) is 10.3. The molecule has 1 aromatic rings. The quantitative estimate of drug-likeness (QED) is 0.859. The van der Waals surface area contributed by atoms with Crippen molar-refractivity contribution in [1.29, 1.82) is 0 Å². The largest absolute Gasteiger partial charge is 0.444 e. The summed E-state index contributed by atoms with van der Waals surface area (Å²) in [5.74, 6) is 1.30. The van der Waals surface area contributed by atoms with E-state index in [0.717, 1.165) is 38.4 Å². The maximum Gasteiger partial charge on any atom is 0.410 e. The van der Waals surface area contributed by atoms with Gasteiger partial charge in [0, 0.05) is 39.1 Å². The van der Waals surface area contributed by atoms with Crippen molar-refractivity contribution >= 4 is 12.0 Å². The zero-order valence-corrected chi connectivity index (χ0v) is 14.0. The molecule has 122 valence electrons. The summed E-state index contributed by atoms with van der Waals surface area (Å²) in [4.78, 5) is 24.4. The van der Waals surface area contributed by atoms with E-state index in [-0.39, 0.29) is 6.09 Å². The molecule has 22 heavy (non-hydrogen) atoms. The molecule has 1 fully saturated rings. The van der Waals surface area contributed by atoms with Crippen LogP contribution in [0.15, 0.2) is 18.5 Å². The molecule has 0 unspecified atom stereocenters.